The standard InChI is InChI=1S/C19H20Cl2N2O2/c1-12(23(3)11-15-7-8-16(20)10-18(15)21)19(25)22-17-6-4-5-14(9-17)13(2)24/h4-10,12H,11H2,1-3H3,(H,22,25)/t12-/m1/s1. The Labute approximate surface area is 157 Å². The lowest BCUT2D eigenvalue weighted by atomic mass is 10.1. The summed E-state index contributed by atoms with van der Waals surface area (Å²) in [6.45, 7) is 3.82. The van der Waals surface area contributed by atoms with Crippen LogP contribution in [0.15, 0.2) is 42.5 Å². The first kappa shape index (κ1) is 19.4. The van der Waals surface area contributed by atoms with E-state index >= 15 is 0 Å². The highest BCUT2D eigenvalue weighted by Gasteiger charge is 2.19. The molecule has 0 saturated heterocycles. The molecule has 0 aliphatic carbocycles. The molecule has 2 aromatic carbocycles. The minimum atomic E-state index is -0.382. The van der Waals surface area contributed by atoms with E-state index < -0.39 is 0 Å². The van der Waals surface area contributed by atoms with Gasteiger partial charge in [0.2, 0.25) is 5.91 Å². The normalized spacial score (nSPS) is 12.1. The van der Waals surface area contributed by atoms with Crippen LogP contribution < -0.4 is 5.32 Å². The summed E-state index contributed by atoms with van der Waals surface area (Å²) in [5.41, 5.74) is 2.06. The van der Waals surface area contributed by atoms with Gasteiger partial charge in [-0.3, -0.25) is 14.5 Å². The zero-order valence-corrected chi connectivity index (χ0v) is 15.9. The molecular formula is C19H20Cl2N2O2. The van der Waals surface area contributed by atoms with Crippen LogP contribution in [0.2, 0.25) is 10.0 Å². The quantitative estimate of drug-likeness (QED) is 0.743. The summed E-state index contributed by atoms with van der Waals surface area (Å²) in [6, 6.07) is 11.8. The van der Waals surface area contributed by atoms with Gasteiger partial charge in [0.1, 0.15) is 0 Å². The third-order valence-electron chi connectivity index (χ3n) is 4.01. The van der Waals surface area contributed by atoms with Crippen LogP contribution in [0.4, 0.5) is 5.69 Å². The van der Waals surface area contributed by atoms with Crippen molar-refractivity contribution in [2.75, 3.05) is 12.4 Å². The van der Waals surface area contributed by atoms with E-state index in [1.165, 1.54) is 6.92 Å². The molecule has 0 radical (unpaired) electrons. The van der Waals surface area contributed by atoms with Crippen molar-refractivity contribution in [1.82, 2.24) is 4.90 Å². The maximum atomic E-state index is 12.5. The fourth-order valence-electron chi connectivity index (χ4n) is 2.32. The molecule has 1 atom stereocenters. The lowest BCUT2D eigenvalue weighted by Gasteiger charge is -2.24. The van der Waals surface area contributed by atoms with Crippen molar-refractivity contribution in [1.29, 1.82) is 0 Å². The molecule has 132 valence electrons. The number of anilines is 1. The fraction of sp³-hybridized carbons (Fsp3) is 0.263. The molecule has 25 heavy (non-hydrogen) atoms. The second-order valence-corrected chi connectivity index (χ2v) is 6.80. The average Bonchev–Trinajstić information content (AvgIpc) is 2.56. The molecule has 0 aliphatic heterocycles. The summed E-state index contributed by atoms with van der Waals surface area (Å²) in [6.07, 6.45) is 0. The molecular weight excluding hydrogens is 359 g/mol. The van der Waals surface area contributed by atoms with E-state index in [1.54, 1.807) is 36.4 Å². The van der Waals surface area contributed by atoms with Gasteiger partial charge in [0.25, 0.3) is 0 Å². The average molecular weight is 379 g/mol. The largest absolute Gasteiger partial charge is 0.325 e. The van der Waals surface area contributed by atoms with E-state index in [0.717, 1.165) is 5.56 Å². The Morgan fingerprint density at radius 1 is 1.16 bits per heavy atom. The predicted octanol–water partition coefficient (Wildman–Crippen LogP) is 4.66. The Kier molecular flexibility index (Phi) is 6.59. The number of likely N-dealkylation sites (N-methyl/N-ethyl adjacent to an activating group) is 1. The van der Waals surface area contributed by atoms with Crippen molar-refractivity contribution < 1.29 is 9.59 Å². The summed E-state index contributed by atoms with van der Waals surface area (Å²) in [4.78, 5) is 25.8. The monoisotopic (exact) mass is 378 g/mol. The first-order valence-electron chi connectivity index (χ1n) is 7.84. The van der Waals surface area contributed by atoms with Gasteiger partial charge >= 0.3 is 0 Å². The number of nitrogens with one attached hydrogen (secondary N) is 1. The van der Waals surface area contributed by atoms with E-state index in [-0.39, 0.29) is 17.7 Å². The Morgan fingerprint density at radius 2 is 1.88 bits per heavy atom. The number of ketones is 1. The third-order valence-corrected chi connectivity index (χ3v) is 4.60. The zero-order chi connectivity index (χ0) is 18.6. The van der Waals surface area contributed by atoms with Crippen LogP contribution in [0, 0.1) is 0 Å². The molecule has 0 aromatic heterocycles. The van der Waals surface area contributed by atoms with E-state index in [2.05, 4.69) is 5.32 Å². The minimum absolute atomic E-state index is 0.0429. The number of carbonyl (C=O) groups is 2. The molecule has 0 spiro atoms. The van der Waals surface area contributed by atoms with Crippen molar-refractivity contribution in [2.45, 2.75) is 26.4 Å². The Balaban J connectivity index is 2.03. The molecule has 0 saturated carbocycles. The highest BCUT2D eigenvalue weighted by Crippen LogP contribution is 2.22. The molecule has 1 N–H and O–H groups in total. The summed E-state index contributed by atoms with van der Waals surface area (Å²) in [5.74, 6) is -0.202. The van der Waals surface area contributed by atoms with E-state index in [9.17, 15) is 9.59 Å². The van der Waals surface area contributed by atoms with Crippen LogP contribution in [0.5, 0.6) is 0 Å². The van der Waals surface area contributed by atoms with Gasteiger partial charge in [0.15, 0.2) is 5.78 Å². The molecule has 1 amide bonds. The molecule has 6 heteroatoms. The van der Waals surface area contributed by atoms with E-state index in [1.807, 2.05) is 24.9 Å². The number of hydrogen-bond acceptors (Lipinski definition) is 3. The van der Waals surface area contributed by atoms with Gasteiger partial charge < -0.3 is 5.32 Å². The third kappa shape index (κ3) is 5.30. The summed E-state index contributed by atoms with van der Waals surface area (Å²) in [5, 5.41) is 3.99. The molecule has 2 rings (SSSR count). The highest BCUT2D eigenvalue weighted by atomic mass is 35.5. The Morgan fingerprint density at radius 3 is 2.52 bits per heavy atom. The maximum absolute atomic E-state index is 12.5. The smallest absolute Gasteiger partial charge is 0.241 e. The Bertz CT molecular complexity index is 793. The van der Waals surface area contributed by atoms with Gasteiger partial charge in [-0.1, -0.05) is 41.4 Å². The first-order chi connectivity index (χ1) is 11.8. The van der Waals surface area contributed by atoms with E-state index in [4.69, 9.17) is 23.2 Å². The molecule has 2 aromatic rings. The van der Waals surface area contributed by atoms with E-state index in [0.29, 0.717) is 27.8 Å². The molecule has 0 unspecified atom stereocenters. The van der Waals surface area contributed by atoms with Gasteiger partial charge in [0, 0.05) is 27.8 Å². The second-order valence-electron chi connectivity index (χ2n) is 5.95. The first-order valence-corrected chi connectivity index (χ1v) is 8.59. The van der Waals surface area contributed by atoms with Gasteiger partial charge in [-0.15, -0.1) is 0 Å². The van der Waals surface area contributed by atoms with Crippen molar-refractivity contribution >= 4 is 40.6 Å². The predicted molar refractivity (Wildman–Crippen MR) is 102 cm³/mol. The molecule has 0 bridgehead atoms. The number of halogens is 2. The maximum Gasteiger partial charge on any atom is 0.241 e. The number of hydrogen-bond donors (Lipinski definition) is 1. The summed E-state index contributed by atoms with van der Waals surface area (Å²) >= 11 is 12.1. The summed E-state index contributed by atoms with van der Waals surface area (Å²) < 4.78 is 0. The van der Waals surface area contributed by atoms with Crippen LogP contribution in [0.1, 0.15) is 29.8 Å². The lowest BCUT2D eigenvalue weighted by molar-refractivity contribution is -0.120. The molecule has 0 aliphatic rings. The Hall–Kier alpha value is -1.88. The lowest BCUT2D eigenvalue weighted by Crippen LogP contribution is -2.39. The van der Waals surface area contributed by atoms with Gasteiger partial charge in [0.05, 0.1) is 6.04 Å². The number of rotatable bonds is 6. The van der Waals surface area contributed by atoms with Gasteiger partial charge in [-0.2, -0.15) is 0 Å². The zero-order valence-electron chi connectivity index (χ0n) is 14.3. The fourth-order valence-corrected chi connectivity index (χ4v) is 2.79. The van der Waals surface area contributed by atoms with Crippen LogP contribution in [-0.2, 0) is 11.3 Å². The SMILES string of the molecule is CC(=O)c1cccc(NC(=O)[C@@H](C)N(C)Cc2ccc(Cl)cc2Cl)c1. The van der Waals surface area contributed by atoms with Crippen molar-refractivity contribution in [2.24, 2.45) is 0 Å². The molecule has 0 fully saturated rings. The minimum Gasteiger partial charge on any atom is -0.325 e. The second kappa shape index (κ2) is 8.48. The van der Waals surface area contributed by atoms with Crippen molar-refractivity contribution in [3.05, 3.63) is 63.6 Å². The van der Waals surface area contributed by atoms with Crippen molar-refractivity contribution in [3.8, 4) is 0 Å². The summed E-state index contributed by atoms with van der Waals surface area (Å²) in [7, 11) is 1.85. The number of nitrogens with zero attached hydrogens (tertiary/aromatic N) is 1. The number of amides is 1. The van der Waals surface area contributed by atoms with Crippen LogP contribution >= 0.6 is 23.2 Å². The van der Waals surface area contributed by atoms with Crippen molar-refractivity contribution in [3.63, 3.8) is 0 Å². The number of carbonyl (C=O) groups excluding carboxylic acids is 2. The van der Waals surface area contributed by atoms with Crippen LogP contribution in [0.3, 0.4) is 0 Å². The topological polar surface area (TPSA) is 49.4 Å². The van der Waals surface area contributed by atoms with Crippen LogP contribution in [-0.4, -0.2) is 29.7 Å². The van der Waals surface area contributed by atoms with Gasteiger partial charge in [-0.05, 0) is 50.7 Å². The van der Waals surface area contributed by atoms with Gasteiger partial charge in [-0.25, -0.2) is 0 Å². The molecule has 0 heterocycles. The highest BCUT2D eigenvalue weighted by molar-refractivity contribution is 6.35. The number of Topliss-reactive ketones (excluding diaryl/α,β-unsaturated/α-hetero) is 1. The molecule has 4 nitrogen and oxygen atoms in total. The van der Waals surface area contributed by atoms with Crippen LogP contribution in [0.25, 0.3) is 0 Å². The number of benzene rings is 2.